The summed E-state index contributed by atoms with van der Waals surface area (Å²) in [5.41, 5.74) is 6.32. The fourth-order valence-electron chi connectivity index (χ4n) is 3.01. The molecular weight excluding hydrogens is 304 g/mol. The number of nitrogens with zero attached hydrogens (tertiary/aromatic N) is 1. The Hall–Kier alpha value is -3.39. The third-order valence-corrected chi connectivity index (χ3v) is 4.25. The van der Waals surface area contributed by atoms with Crippen LogP contribution in [0.2, 0.25) is 0 Å². The van der Waals surface area contributed by atoms with Gasteiger partial charge in [-0.1, -0.05) is 97.6 Å². The minimum Gasteiger partial charge on any atom is -0.337 e. The van der Waals surface area contributed by atoms with Crippen LogP contribution in [0, 0.1) is 0 Å². The molecule has 0 bridgehead atoms. The number of nitrogens with one attached hydrogen (secondary N) is 1. The van der Waals surface area contributed by atoms with Crippen molar-refractivity contribution in [3.63, 3.8) is 0 Å². The van der Waals surface area contributed by atoms with Gasteiger partial charge in [-0.2, -0.15) is 0 Å². The Morgan fingerprint density at radius 2 is 1.32 bits per heavy atom. The van der Waals surface area contributed by atoms with Crippen LogP contribution in [0.5, 0.6) is 0 Å². The Balaban J connectivity index is 1.94. The van der Waals surface area contributed by atoms with E-state index in [4.69, 9.17) is 4.98 Å². The third kappa shape index (κ3) is 2.90. The molecule has 0 unspecified atom stereocenters. The molecule has 0 fully saturated rings. The highest BCUT2D eigenvalue weighted by Crippen LogP contribution is 2.33. The summed E-state index contributed by atoms with van der Waals surface area (Å²) < 4.78 is 0. The first-order valence-electron chi connectivity index (χ1n) is 8.29. The highest BCUT2D eigenvalue weighted by atomic mass is 14.9. The van der Waals surface area contributed by atoms with Crippen molar-refractivity contribution in [3.05, 3.63) is 97.1 Å². The Bertz CT molecular complexity index is 942. The summed E-state index contributed by atoms with van der Waals surface area (Å²) in [6.45, 7) is 3.92. The predicted octanol–water partition coefficient (Wildman–Crippen LogP) is 6.05. The minimum atomic E-state index is 0.855. The van der Waals surface area contributed by atoms with Crippen LogP contribution in [0.1, 0.15) is 5.56 Å². The van der Waals surface area contributed by atoms with Crippen molar-refractivity contribution in [2.75, 3.05) is 0 Å². The van der Waals surface area contributed by atoms with Crippen LogP contribution in [0.4, 0.5) is 0 Å². The first kappa shape index (κ1) is 15.2. The lowest BCUT2D eigenvalue weighted by Gasteiger charge is -2.02. The number of aromatic amines is 1. The van der Waals surface area contributed by atoms with E-state index in [2.05, 4.69) is 48.0 Å². The van der Waals surface area contributed by atoms with Crippen LogP contribution in [0.25, 0.3) is 40.0 Å². The van der Waals surface area contributed by atoms with E-state index in [9.17, 15) is 0 Å². The zero-order valence-corrected chi connectivity index (χ0v) is 13.8. The van der Waals surface area contributed by atoms with Crippen LogP contribution in [0.3, 0.4) is 0 Å². The quantitative estimate of drug-likeness (QED) is 0.486. The van der Waals surface area contributed by atoms with Gasteiger partial charge in [0.15, 0.2) is 0 Å². The molecule has 3 aromatic carbocycles. The fourth-order valence-corrected chi connectivity index (χ4v) is 3.01. The second-order valence-corrected chi connectivity index (χ2v) is 5.83. The molecule has 0 saturated carbocycles. The standard InChI is InChI=1S/C23H18N2/c1-2-17-11-9-10-16-20(17)23-24-21(18-12-5-3-6-13-18)22(25-23)19-14-7-4-8-15-19/h2-16H,1H2,(H,24,25). The van der Waals surface area contributed by atoms with E-state index in [1.807, 2.05) is 54.6 Å². The van der Waals surface area contributed by atoms with Crippen molar-refractivity contribution in [2.45, 2.75) is 0 Å². The molecule has 1 heterocycles. The highest BCUT2D eigenvalue weighted by molar-refractivity contribution is 5.82. The molecule has 0 amide bonds. The lowest BCUT2D eigenvalue weighted by atomic mass is 10.1. The number of H-pyrrole nitrogens is 1. The smallest absolute Gasteiger partial charge is 0.139 e. The third-order valence-electron chi connectivity index (χ3n) is 4.25. The molecule has 0 radical (unpaired) electrons. The van der Waals surface area contributed by atoms with Gasteiger partial charge in [0.25, 0.3) is 0 Å². The summed E-state index contributed by atoms with van der Waals surface area (Å²) in [6.07, 6.45) is 1.86. The maximum atomic E-state index is 4.93. The van der Waals surface area contributed by atoms with Gasteiger partial charge < -0.3 is 4.98 Å². The van der Waals surface area contributed by atoms with Gasteiger partial charge in [0.2, 0.25) is 0 Å². The Morgan fingerprint density at radius 1 is 0.720 bits per heavy atom. The van der Waals surface area contributed by atoms with Crippen molar-refractivity contribution in [3.8, 4) is 33.9 Å². The summed E-state index contributed by atoms with van der Waals surface area (Å²) in [6, 6.07) is 28.7. The maximum Gasteiger partial charge on any atom is 0.139 e. The average molecular weight is 322 g/mol. The molecule has 1 N–H and O–H groups in total. The Labute approximate surface area is 147 Å². The number of benzene rings is 3. The number of imidazole rings is 1. The predicted molar refractivity (Wildman–Crippen MR) is 105 cm³/mol. The van der Waals surface area contributed by atoms with Crippen molar-refractivity contribution >= 4 is 6.08 Å². The number of aromatic nitrogens is 2. The van der Waals surface area contributed by atoms with Gasteiger partial charge in [0.1, 0.15) is 5.82 Å². The van der Waals surface area contributed by atoms with Crippen molar-refractivity contribution in [2.24, 2.45) is 0 Å². The van der Waals surface area contributed by atoms with Crippen LogP contribution in [0.15, 0.2) is 91.5 Å². The van der Waals surface area contributed by atoms with E-state index < -0.39 is 0 Å². The molecule has 25 heavy (non-hydrogen) atoms. The van der Waals surface area contributed by atoms with Crippen LogP contribution in [-0.2, 0) is 0 Å². The Kier molecular flexibility index (Phi) is 4.01. The summed E-state index contributed by atoms with van der Waals surface area (Å²) in [7, 11) is 0. The van der Waals surface area contributed by atoms with Crippen LogP contribution < -0.4 is 0 Å². The molecule has 4 rings (SSSR count). The van der Waals surface area contributed by atoms with Gasteiger partial charge in [-0.25, -0.2) is 4.98 Å². The first-order valence-corrected chi connectivity index (χ1v) is 8.29. The molecule has 0 spiro atoms. The molecule has 2 nitrogen and oxygen atoms in total. The SMILES string of the molecule is C=Cc1ccccc1-c1nc(-c2ccccc2)c(-c2ccccc2)[nH]1. The largest absolute Gasteiger partial charge is 0.337 e. The van der Waals surface area contributed by atoms with Gasteiger partial charge in [0, 0.05) is 16.7 Å². The Morgan fingerprint density at radius 3 is 2.00 bits per heavy atom. The van der Waals surface area contributed by atoms with Gasteiger partial charge in [-0.3, -0.25) is 0 Å². The first-order chi connectivity index (χ1) is 12.4. The zero-order valence-electron chi connectivity index (χ0n) is 13.8. The summed E-state index contributed by atoms with van der Waals surface area (Å²) in [5.74, 6) is 0.855. The molecular formula is C23H18N2. The van der Waals surface area contributed by atoms with E-state index in [1.54, 1.807) is 0 Å². The summed E-state index contributed by atoms with van der Waals surface area (Å²) in [5, 5.41) is 0. The van der Waals surface area contributed by atoms with E-state index in [-0.39, 0.29) is 0 Å². The van der Waals surface area contributed by atoms with E-state index in [0.29, 0.717) is 0 Å². The molecule has 1 aromatic heterocycles. The molecule has 2 heteroatoms. The molecule has 0 saturated heterocycles. The van der Waals surface area contributed by atoms with Gasteiger partial charge in [-0.05, 0) is 5.56 Å². The van der Waals surface area contributed by atoms with Crippen molar-refractivity contribution in [1.29, 1.82) is 0 Å². The van der Waals surface area contributed by atoms with E-state index >= 15 is 0 Å². The molecule has 120 valence electrons. The van der Waals surface area contributed by atoms with Gasteiger partial charge in [-0.15, -0.1) is 0 Å². The fraction of sp³-hybridized carbons (Fsp3) is 0. The molecule has 0 atom stereocenters. The topological polar surface area (TPSA) is 28.7 Å². The number of hydrogen-bond acceptors (Lipinski definition) is 1. The van der Waals surface area contributed by atoms with E-state index in [0.717, 1.165) is 39.5 Å². The van der Waals surface area contributed by atoms with Crippen LogP contribution >= 0.6 is 0 Å². The lowest BCUT2D eigenvalue weighted by molar-refractivity contribution is 1.30. The second kappa shape index (κ2) is 6.62. The number of rotatable bonds is 4. The number of hydrogen-bond donors (Lipinski definition) is 1. The monoisotopic (exact) mass is 322 g/mol. The van der Waals surface area contributed by atoms with Crippen molar-refractivity contribution in [1.82, 2.24) is 9.97 Å². The molecule has 4 aromatic rings. The van der Waals surface area contributed by atoms with Gasteiger partial charge >= 0.3 is 0 Å². The minimum absolute atomic E-state index is 0.855. The summed E-state index contributed by atoms with van der Waals surface area (Å²) >= 11 is 0. The molecule has 0 aliphatic carbocycles. The van der Waals surface area contributed by atoms with E-state index in [1.165, 1.54) is 0 Å². The normalized spacial score (nSPS) is 10.6. The zero-order chi connectivity index (χ0) is 17.1. The van der Waals surface area contributed by atoms with Crippen LogP contribution in [-0.4, -0.2) is 9.97 Å². The second-order valence-electron chi connectivity index (χ2n) is 5.83. The maximum absolute atomic E-state index is 4.93. The lowest BCUT2D eigenvalue weighted by Crippen LogP contribution is -1.85. The average Bonchev–Trinajstić information content (AvgIpc) is 3.14. The summed E-state index contributed by atoms with van der Waals surface area (Å²) in [4.78, 5) is 8.46. The molecule has 0 aliphatic rings. The highest BCUT2D eigenvalue weighted by Gasteiger charge is 2.15. The molecule has 0 aliphatic heterocycles. The van der Waals surface area contributed by atoms with Gasteiger partial charge in [0.05, 0.1) is 11.4 Å². The van der Waals surface area contributed by atoms with Crippen molar-refractivity contribution < 1.29 is 0 Å².